The first-order chi connectivity index (χ1) is 8.46. The monoisotopic (exact) mass is 270 g/mol. The minimum Gasteiger partial charge on any atom is -0.456 e. The second-order valence-corrected chi connectivity index (χ2v) is 6.41. The van der Waals surface area contributed by atoms with Crippen LogP contribution in [0, 0.1) is 0 Å². The summed E-state index contributed by atoms with van der Waals surface area (Å²) in [5.74, 6) is -1.26. The van der Waals surface area contributed by atoms with E-state index in [2.05, 4.69) is 0 Å². The van der Waals surface area contributed by atoms with Crippen LogP contribution in [0.5, 0.6) is 0 Å². The Hall–Kier alpha value is -1.32. The Balaban J connectivity index is 5.02. The van der Waals surface area contributed by atoms with Gasteiger partial charge < -0.3 is 9.47 Å². The highest BCUT2D eigenvalue weighted by Gasteiger charge is 2.28. The highest BCUT2D eigenvalue weighted by atomic mass is 16.6. The molecule has 0 rings (SSSR count). The Labute approximate surface area is 116 Å². The third kappa shape index (κ3) is 8.41. The van der Waals surface area contributed by atoms with E-state index in [4.69, 9.17) is 9.47 Å². The van der Waals surface area contributed by atoms with Gasteiger partial charge in [-0.3, -0.25) is 0 Å². The molecule has 0 aromatic heterocycles. The maximum Gasteiger partial charge on any atom is 0.345 e. The van der Waals surface area contributed by atoms with Crippen LogP contribution in [0.1, 0.15) is 61.3 Å². The van der Waals surface area contributed by atoms with Crippen molar-refractivity contribution in [2.24, 2.45) is 0 Å². The molecule has 4 nitrogen and oxygen atoms in total. The van der Waals surface area contributed by atoms with E-state index in [-0.39, 0.29) is 5.57 Å². The van der Waals surface area contributed by atoms with E-state index in [0.29, 0.717) is 6.42 Å². The lowest BCUT2D eigenvalue weighted by atomic mass is 10.1. The molecule has 0 aliphatic rings. The van der Waals surface area contributed by atoms with Crippen LogP contribution >= 0.6 is 0 Å². The smallest absolute Gasteiger partial charge is 0.345 e. The number of hydrogen-bond acceptors (Lipinski definition) is 4. The summed E-state index contributed by atoms with van der Waals surface area (Å²) in [6.07, 6.45) is 3.06. The van der Waals surface area contributed by atoms with E-state index in [1.54, 1.807) is 47.6 Å². The number of carbonyl (C=O) groups excluding carboxylic acids is 2. The average molecular weight is 270 g/mol. The Bertz CT molecular complexity index is 323. The van der Waals surface area contributed by atoms with Crippen LogP contribution in [0.4, 0.5) is 0 Å². The molecule has 0 spiro atoms. The van der Waals surface area contributed by atoms with Gasteiger partial charge in [0, 0.05) is 0 Å². The summed E-state index contributed by atoms with van der Waals surface area (Å²) >= 11 is 0. The van der Waals surface area contributed by atoms with Crippen LogP contribution in [-0.2, 0) is 19.1 Å². The fourth-order valence-corrected chi connectivity index (χ4v) is 1.20. The summed E-state index contributed by atoms with van der Waals surface area (Å²) in [4.78, 5) is 24.0. The SMILES string of the molecule is CCCC=C(C(=O)OC(C)(C)C)C(=O)OC(C)(C)C. The van der Waals surface area contributed by atoms with Crippen molar-refractivity contribution in [3.63, 3.8) is 0 Å². The van der Waals surface area contributed by atoms with Gasteiger partial charge in [0.2, 0.25) is 0 Å². The van der Waals surface area contributed by atoms with Crippen molar-refractivity contribution in [1.29, 1.82) is 0 Å². The van der Waals surface area contributed by atoms with Crippen LogP contribution in [0.15, 0.2) is 11.6 Å². The summed E-state index contributed by atoms with van der Waals surface area (Å²) in [5, 5.41) is 0. The van der Waals surface area contributed by atoms with Gasteiger partial charge >= 0.3 is 11.9 Å². The molecule has 0 radical (unpaired) electrons. The number of esters is 2. The summed E-state index contributed by atoms with van der Waals surface area (Å²) in [7, 11) is 0. The molecule has 0 heterocycles. The van der Waals surface area contributed by atoms with Gasteiger partial charge in [-0.15, -0.1) is 0 Å². The van der Waals surface area contributed by atoms with Crippen molar-refractivity contribution in [3.8, 4) is 0 Å². The predicted octanol–water partition coefficient (Wildman–Crippen LogP) is 3.40. The third-order valence-electron chi connectivity index (χ3n) is 1.87. The van der Waals surface area contributed by atoms with Gasteiger partial charge in [0.15, 0.2) is 0 Å². The van der Waals surface area contributed by atoms with Crippen molar-refractivity contribution < 1.29 is 19.1 Å². The number of allylic oxidation sites excluding steroid dienone is 1. The highest BCUT2D eigenvalue weighted by molar-refractivity contribution is 6.14. The van der Waals surface area contributed by atoms with Crippen LogP contribution in [0.2, 0.25) is 0 Å². The van der Waals surface area contributed by atoms with Crippen LogP contribution in [0.3, 0.4) is 0 Å². The molecule has 4 heteroatoms. The Morgan fingerprint density at radius 3 is 1.53 bits per heavy atom. The number of hydrogen-bond donors (Lipinski definition) is 0. The van der Waals surface area contributed by atoms with Crippen molar-refractivity contribution in [1.82, 2.24) is 0 Å². The number of rotatable bonds is 4. The first kappa shape index (κ1) is 17.7. The zero-order valence-electron chi connectivity index (χ0n) is 13.1. The first-order valence-corrected chi connectivity index (χ1v) is 6.63. The molecule has 0 unspecified atom stereocenters. The first-order valence-electron chi connectivity index (χ1n) is 6.63. The molecule has 110 valence electrons. The van der Waals surface area contributed by atoms with Gasteiger partial charge in [-0.2, -0.15) is 0 Å². The molecule has 0 saturated heterocycles. The fraction of sp³-hybridized carbons (Fsp3) is 0.733. The standard InChI is InChI=1S/C15H26O4/c1-8-9-10-11(12(16)18-14(2,3)4)13(17)19-15(5,6)7/h10H,8-9H2,1-7H3. The summed E-state index contributed by atoms with van der Waals surface area (Å²) in [6.45, 7) is 12.5. The van der Waals surface area contributed by atoms with Crippen LogP contribution in [0.25, 0.3) is 0 Å². The van der Waals surface area contributed by atoms with Gasteiger partial charge in [-0.1, -0.05) is 19.4 Å². The maximum absolute atomic E-state index is 12.0. The van der Waals surface area contributed by atoms with Gasteiger partial charge in [-0.25, -0.2) is 9.59 Å². The molecule has 0 aromatic carbocycles. The molecular formula is C15H26O4. The molecule has 0 bridgehead atoms. The lowest BCUT2D eigenvalue weighted by Gasteiger charge is -2.23. The highest BCUT2D eigenvalue weighted by Crippen LogP contribution is 2.16. The van der Waals surface area contributed by atoms with E-state index >= 15 is 0 Å². The molecule has 0 fully saturated rings. The van der Waals surface area contributed by atoms with E-state index < -0.39 is 23.1 Å². The molecule has 0 aromatic rings. The second-order valence-electron chi connectivity index (χ2n) is 6.41. The summed E-state index contributed by atoms with van der Waals surface area (Å²) in [6, 6.07) is 0. The minimum absolute atomic E-state index is 0.0216. The Kier molecular flexibility index (Phi) is 6.27. The van der Waals surface area contributed by atoms with Crippen LogP contribution < -0.4 is 0 Å². The third-order valence-corrected chi connectivity index (χ3v) is 1.87. The van der Waals surface area contributed by atoms with Crippen molar-refractivity contribution in [2.75, 3.05) is 0 Å². The van der Waals surface area contributed by atoms with Crippen molar-refractivity contribution in [3.05, 3.63) is 11.6 Å². The largest absolute Gasteiger partial charge is 0.456 e. The lowest BCUT2D eigenvalue weighted by Crippen LogP contribution is -2.31. The molecule has 0 N–H and O–H groups in total. The van der Waals surface area contributed by atoms with Crippen molar-refractivity contribution >= 4 is 11.9 Å². The normalized spacial score (nSPS) is 11.7. The van der Waals surface area contributed by atoms with Gasteiger partial charge in [0.05, 0.1) is 0 Å². The number of ether oxygens (including phenoxy) is 2. The Morgan fingerprint density at radius 2 is 1.26 bits per heavy atom. The maximum atomic E-state index is 12.0. The van der Waals surface area contributed by atoms with Crippen LogP contribution in [-0.4, -0.2) is 23.1 Å². The zero-order chi connectivity index (χ0) is 15.3. The minimum atomic E-state index is -0.635. The van der Waals surface area contributed by atoms with E-state index in [1.807, 2.05) is 6.92 Å². The number of unbranched alkanes of at least 4 members (excludes halogenated alkanes) is 1. The molecule has 19 heavy (non-hydrogen) atoms. The molecular weight excluding hydrogens is 244 g/mol. The Morgan fingerprint density at radius 1 is 0.895 bits per heavy atom. The lowest BCUT2D eigenvalue weighted by molar-refractivity contribution is -0.158. The van der Waals surface area contributed by atoms with E-state index in [1.165, 1.54) is 0 Å². The fourth-order valence-electron chi connectivity index (χ4n) is 1.20. The van der Waals surface area contributed by atoms with Gasteiger partial charge in [0.1, 0.15) is 16.8 Å². The topological polar surface area (TPSA) is 52.6 Å². The molecule has 0 amide bonds. The summed E-state index contributed by atoms with van der Waals surface area (Å²) < 4.78 is 10.4. The molecule has 0 atom stereocenters. The second kappa shape index (κ2) is 6.73. The predicted molar refractivity (Wildman–Crippen MR) is 74.7 cm³/mol. The van der Waals surface area contributed by atoms with Gasteiger partial charge in [-0.05, 0) is 48.0 Å². The van der Waals surface area contributed by atoms with E-state index in [9.17, 15) is 9.59 Å². The average Bonchev–Trinajstić information content (AvgIpc) is 2.12. The molecule has 0 saturated carbocycles. The summed E-state index contributed by atoms with van der Waals surface area (Å²) in [5.41, 5.74) is -1.29. The number of carbonyl (C=O) groups is 2. The van der Waals surface area contributed by atoms with E-state index in [0.717, 1.165) is 6.42 Å². The molecule has 0 aliphatic heterocycles. The van der Waals surface area contributed by atoms with Crippen molar-refractivity contribution in [2.45, 2.75) is 72.5 Å². The zero-order valence-corrected chi connectivity index (χ0v) is 13.1. The van der Waals surface area contributed by atoms with Gasteiger partial charge in [0.25, 0.3) is 0 Å². The quantitative estimate of drug-likeness (QED) is 0.340. The molecule has 0 aliphatic carbocycles.